The molecule has 0 bridgehead atoms. The van der Waals surface area contributed by atoms with Crippen LogP contribution in [0.25, 0.3) is 11.0 Å². The second-order valence-electron chi connectivity index (χ2n) is 10.2. The number of rotatable bonds is 7. The SMILES string of the molecule is Cc1cc(C(=O)N[C@@H](CCC(=O)N2CCC(O)C2)c2nc3cc(Cl)ccc3[nH]2)ccc1C(=O)N1CCCC1. The van der Waals surface area contributed by atoms with E-state index in [4.69, 9.17) is 11.6 Å². The Morgan fingerprint density at radius 1 is 1.13 bits per heavy atom. The van der Waals surface area contributed by atoms with Crippen LogP contribution in [-0.4, -0.2) is 74.9 Å². The van der Waals surface area contributed by atoms with Gasteiger partial charge in [-0.2, -0.15) is 0 Å². The fourth-order valence-electron chi connectivity index (χ4n) is 5.21. The van der Waals surface area contributed by atoms with E-state index in [1.165, 1.54) is 0 Å². The van der Waals surface area contributed by atoms with Crippen molar-refractivity contribution >= 4 is 40.4 Å². The highest BCUT2D eigenvalue weighted by molar-refractivity contribution is 6.31. The largest absolute Gasteiger partial charge is 0.391 e. The Balaban J connectivity index is 1.34. The van der Waals surface area contributed by atoms with E-state index >= 15 is 0 Å². The summed E-state index contributed by atoms with van der Waals surface area (Å²) in [5.41, 5.74) is 3.22. The van der Waals surface area contributed by atoms with E-state index in [2.05, 4.69) is 15.3 Å². The Bertz CT molecular complexity index is 1370. The van der Waals surface area contributed by atoms with Crippen LogP contribution in [0.2, 0.25) is 5.02 Å². The lowest BCUT2D eigenvalue weighted by Gasteiger charge is -2.20. The smallest absolute Gasteiger partial charge is 0.254 e. The van der Waals surface area contributed by atoms with Gasteiger partial charge in [0.2, 0.25) is 5.91 Å². The fraction of sp³-hybridized carbons (Fsp3) is 0.429. The number of aliphatic hydroxyl groups is 1. The van der Waals surface area contributed by atoms with Crippen molar-refractivity contribution in [3.63, 3.8) is 0 Å². The molecule has 2 aliphatic rings. The lowest BCUT2D eigenvalue weighted by atomic mass is 10.0. The number of halogens is 1. The van der Waals surface area contributed by atoms with Crippen LogP contribution in [-0.2, 0) is 4.79 Å². The Morgan fingerprint density at radius 3 is 2.63 bits per heavy atom. The maximum atomic E-state index is 13.3. The highest BCUT2D eigenvalue weighted by Crippen LogP contribution is 2.24. The Hall–Kier alpha value is -3.43. The molecule has 3 amide bonds. The number of likely N-dealkylation sites (tertiary alicyclic amines) is 2. The first-order valence-corrected chi connectivity index (χ1v) is 13.5. The highest BCUT2D eigenvalue weighted by Gasteiger charge is 2.27. The third-order valence-electron chi connectivity index (χ3n) is 7.37. The second-order valence-corrected chi connectivity index (χ2v) is 10.6. The summed E-state index contributed by atoms with van der Waals surface area (Å²) in [6, 6.07) is 9.87. The number of β-amino-alcohol motifs (C(OH)–C–C–N with tert-alkyl or cyclic N) is 1. The van der Waals surface area contributed by atoms with Gasteiger partial charge < -0.3 is 25.2 Å². The summed E-state index contributed by atoms with van der Waals surface area (Å²) in [4.78, 5) is 50.3. The molecule has 5 rings (SSSR count). The number of aliphatic hydroxyl groups excluding tert-OH is 1. The Labute approximate surface area is 226 Å². The van der Waals surface area contributed by atoms with Crippen LogP contribution in [0.3, 0.4) is 0 Å². The van der Waals surface area contributed by atoms with Gasteiger partial charge in [0, 0.05) is 48.7 Å². The highest BCUT2D eigenvalue weighted by atomic mass is 35.5. The number of fused-ring (bicyclic) bond motifs is 1. The van der Waals surface area contributed by atoms with E-state index < -0.39 is 12.1 Å². The first kappa shape index (κ1) is 26.2. The number of amides is 3. The quantitative estimate of drug-likeness (QED) is 0.425. The van der Waals surface area contributed by atoms with Crippen molar-refractivity contribution in [1.82, 2.24) is 25.1 Å². The number of aryl methyl sites for hydroxylation is 1. The predicted molar refractivity (Wildman–Crippen MR) is 144 cm³/mol. The zero-order valence-corrected chi connectivity index (χ0v) is 22.1. The van der Waals surface area contributed by atoms with Gasteiger partial charge in [-0.1, -0.05) is 11.6 Å². The van der Waals surface area contributed by atoms with Gasteiger partial charge in [-0.25, -0.2) is 4.98 Å². The van der Waals surface area contributed by atoms with Crippen LogP contribution < -0.4 is 5.32 Å². The maximum absolute atomic E-state index is 13.3. The minimum atomic E-state index is -0.559. The van der Waals surface area contributed by atoms with Crippen LogP contribution in [0, 0.1) is 6.92 Å². The van der Waals surface area contributed by atoms with Gasteiger partial charge in [0.05, 0.1) is 23.2 Å². The molecule has 1 unspecified atom stereocenters. The third kappa shape index (κ3) is 5.68. The van der Waals surface area contributed by atoms with Crippen molar-refractivity contribution in [2.24, 2.45) is 0 Å². The number of aromatic amines is 1. The molecule has 38 heavy (non-hydrogen) atoms. The van der Waals surface area contributed by atoms with E-state index in [9.17, 15) is 19.5 Å². The topological polar surface area (TPSA) is 119 Å². The van der Waals surface area contributed by atoms with Gasteiger partial charge in [0.15, 0.2) is 0 Å². The minimum absolute atomic E-state index is 0.00341. The molecular weight excluding hydrogens is 506 g/mol. The molecule has 2 atom stereocenters. The standard InChI is InChI=1S/C28H32ClN5O4/c1-17-14-18(4-6-21(17)28(38)33-11-2-3-12-33)27(37)32-23(8-9-25(36)34-13-10-20(35)16-34)26-30-22-7-5-19(29)15-24(22)31-26/h4-7,14-15,20,23,35H,2-3,8-13,16H2,1H3,(H,30,31)(H,32,37)/t20?,23-/m0/s1. The molecule has 2 aliphatic heterocycles. The van der Waals surface area contributed by atoms with Crippen LogP contribution in [0.1, 0.15) is 70.2 Å². The number of carbonyl (C=O) groups excluding carboxylic acids is 3. The normalized spacial score (nSPS) is 18.2. The van der Waals surface area contributed by atoms with Crippen LogP contribution in [0.15, 0.2) is 36.4 Å². The first-order valence-electron chi connectivity index (χ1n) is 13.1. The number of benzene rings is 2. The summed E-state index contributed by atoms with van der Waals surface area (Å²) in [6.07, 6.45) is 2.64. The number of imidazole rings is 1. The average Bonchev–Trinajstić information content (AvgIpc) is 3.66. The molecule has 3 N–H and O–H groups in total. The average molecular weight is 538 g/mol. The molecule has 200 valence electrons. The molecule has 3 aromatic rings. The molecule has 0 radical (unpaired) electrons. The van der Waals surface area contributed by atoms with Crippen molar-refractivity contribution < 1.29 is 19.5 Å². The van der Waals surface area contributed by atoms with Crippen LogP contribution in [0.4, 0.5) is 0 Å². The summed E-state index contributed by atoms with van der Waals surface area (Å²) in [6.45, 7) is 4.23. The van der Waals surface area contributed by atoms with Crippen LogP contribution >= 0.6 is 11.6 Å². The number of nitrogens with one attached hydrogen (secondary N) is 2. The van der Waals surface area contributed by atoms with Gasteiger partial charge in [0.1, 0.15) is 5.82 Å². The molecule has 2 fully saturated rings. The van der Waals surface area contributed by atoms with Crippen molar-refractivity contribution in [3.05, 3.63) is 63.9 Å². The first-order chi connectivity index (χ1) is 18.3. The van der Waals surface area contributed by atoms with Gasteiger partial charge in [0.25, 0.3) is 11.8 Å². The molecule has 2 saturated heterocycles. The van der Waals surface area contributed by atoms with E-state index in [1.807, 2.05) is 17.9 Å². The van der Waals surface area contributed by atoms with Gasteiger partial charge in [-0.15, -0.1) is 0 Å². The lowest BCUT2D eigenvalue weighted by Crippen LogP contribution is -2.33. The molecule has 0 saturated carbocycles. The molecule has 0 spiro atoms. The van der Waals surface area contributed by atoms with Crippen molar-refractivity contribution in [2.75, 3.05) is 26.2 Å². The Morgan fingerprint density at radius 2 is 1.92 bits per heavy atom. The Kier molecular flexibility index (Phi) is 7.67. The molecular formula is C28H32ClN5O4. The summed E-state index contributed by atoms with van der Waals surface area (Å²) >= 11 is 6.13. The zero-order valence-electron chi connectivity index (χ0n) is 21.4. The number of H-pyrrole nitrogens is 1. The van der Waals surface area contributed by atoms with Gasteiger partial charge in [-0.05, 0) is 74.6 Å². The monoisotopic (exact) mass is 537 g/mol. The molecule has 10 heteroatoms. The number of aromatic nitrogens is 2. The van der Waals surface area contributed by atoms with E-state index in [0.29, 0.717) is 53.4 Å². The fourth-order valence-corrected chi connectivity index (χ4v) is 5.38. The summed E-state index contributed by atoms with van der Waals surface area (Å²) in [5, 5.41) is 13.4. The number of nitrogens with zero attached hydrogens (tertiary/aromatic N) is 3. The van der Waals surface area contributed by atoms with Crippen LogP contribution in [0.5, 0.6) is 0 Å². The number of hydrogen-bond acceptors (Lipinski definition) is 5. The second kappa shape index (κ2) is 11.1. The maximum Gasteiger partial charge on any atom is 0.254 e. The molecule has 2 aromatic carbocycles. The summed E-state index contributed by atoms with van der Waals surface area (Å²) < 4.78 is 0. The van der Waals surface area contributed by atoms with E-state index in [-0.39, 0.29) is 24.1 Å². The van der Waals surface area contributed by atoms with Gasteiger partial charge in [-0.3, -0.25) is 14.4 Å². The van der Waals surface area contributed by atoms with Crippen molar-refractivity contribution in [3.8, 4) is 0 Å². The predicted octanol–water partition coefficient (Wildman–Crippen LogP) is 3.61. The lowest BCUT2D eigenvalue weighted by molar-refractivity contribution is -0.130. The molecule has 0 aliphatic carbocycles. The van der Waals surface area contributed by atoms with Crippen molar-refractivity contribution in [2.45, 2.75) is 51.2 Å². The number of hydrogen-bond donors (Lipinski definition) is 3. The van der Waals surface area contributed by atoms with E-state index in [0.717, 1.165) is 37.0 Å². The molecule has 3 heterocycles. The summed E-state index contributed by atoms with van der Waals surface area (Å²) in [5.74, 6) is 0.139. The molecule has 1 aromatic heterocycles. The summed E-state index contributed by atoms with van der Waals surface area (Å²) in [7, 11) is 0. The molecule has 9 nitrogen and oxygen atoms in total. The minimum Gasteiger partial charge on any atom is -0.391 e. The third-order valence-corrected chi connectivity index (χ3v) is 7.61. The number of carbonyl (C=O) groups is 3. The van der Waals surface area contributed by atoms with E-state index in [1.54, 1.807) is 35.2 Å². The zero-order chi connectivity index (χ0) is 26.8. The van der Waals surface area contributed by atoms with Gasteiger partial charge >= 0.3 is 0 Å². The van der Waals surface area contributed by atoms with Crippen molar-refractivity contribution in [1.29, 1.82) is 0 Å².